The number of carbonyl (C=O) groups is 3. The summed E-state index contributed by atoms with van der Waals surface area (Å²) in [6, 6.07) is 13.9. The van der Waals surface area contributed by atoms with Gasteiger partial charge in [-0.05, 0) is 49.9 Å². The van der Waals surface area contributed by atoms with Crippen LogP contribution in [0, 0.1) is 0 Å². The molecule has 11 heteroatoms. The third-order valence-corrected chi connectivity index (χ3v) is 7.62. The van der Waals surface area contributed by atoms with Crippen molar-refractivity contribution in [3.05, 3.63) is 77.1 Å². The number of anilines is 1. The highest BCUT2D eigenvalue weighted by Gasteiger charge is 2.32. The van der Waals surface area contributed by atoms with E-state index in [2.05, 4.69) is 15.3 Å². The van der Waals surface area contributed by atoms with Crippen LogP contribution in [0.3, 0.4) is 0 Å². The van der Waals surface area contributed by atoms with Gasteiger partial charge in [0, 0.05) is 63.4 Å². The molecule has 3 heterocycles. The van der Waals surface area contributed by atoms with Gasteiger partial charge >= 0.3 is 6.03 Å². The van der Waals surface area contributed by atoms with Gasteiger partial charge in [-0.3, -0.25) is 9.59 Å². The summed E-state index contributed by atoms with van der Waals surface area (Å²) in [7, 11) is 2.03. The molecule has 0 bridgehead atoms. The number of likely N-dealkylation sites (N-methyl/N-ethyl adjacent to an activating group) is 1. The van der Waals surface area contributed by atoms with E-state index in [0.717, 1.165) is 30.0 Å². The highest BCUT2D eigenvalue weighted by molar-refractivity contribution is 6.34. The first-order chi connectivity index (χ1) is 18.8. The maximum Gasteiger partial charge on any atom is 0.318 e. The van der Waals surface area contributed by atoms with Crippen molar-refractivity contribution in [1.82, 2.24) is 29.8 Å². The molecular formula is C28H32ClN7O3. The Bertz CT molecular complexity index is 1350. The molecule has 1 N–H and O–H groups in total. The zero-order chi connectivity index (χ0) is 27.5. The van der Waals surface area contributed by atoms with E-state index in [-0.39, 0.29) is 37.0 Å². The largest absolute Gasteiger partial charge is 0.339 e. The summed E-state index contributed by atoms with van der Waals surface area (Å²) in [5.74, 6) is -0.344. The number of benzene rings is 2. The monoisotopic (exact) mass is 549 g/mol. The maximum absolute atomic E-state index is 13.8. The molecule has 0 spiro atoms. The number of hydrogen-bond donors (Lipinski definition) is 1. The Kier molecular flexibility index (Phi) is 7.85. The molecule has 204 valence electrons. The van der Waals surface area contributed by atoms with Gasteiger partial charge in [0.15, 0.2) is 0 Å². The van der Waals surface area contributed by atoms with Crippen LogP contribution in [0.2, 0.25) is 5.02 Å². The molecule has 1 aromatic heterocycles. The zero-order valence-electron chi connectivity index (χ0n) is 22.1. The summed E-state index contributed by atoms with van der Waals surface area (Å²) in [4.78, 5) is 47.1. The van der Waals surface area contributed by atoms with E-state index in [0.29, 0.717) is 30.2 Å². The molecule has 1 atom stereocenters. The molecule has 0 saturated carbocycles. The number of hydrogen-bond acceptors (Lipinski definition) is 5. The van der Waals surface area contributed by atoms with Gasteiger partial charge in [-0.2, -0.15) is 5.10 Å². The number of urea groups is 1. The third kappa shape index (κ3) is 5.76. The van der Waals surface area contributed by atoms with E-state index in [1.54, 1.807) is 50.0 Å². The number of carbonyl (C=O) groups excluding carboxylic acids is 3. The van der Waals surface area contributed by atoms with Crippen molar-refractivity contribution in [3.8, 4) is 5.69 Å². The van der Waals surface area contributed by atoms with E-state index >= 15 is 0 Å². The molecule has 1 saturated heterocycles. The fourth-order valence-corrected chi connectivity index (χ4v) is 5.24. The average molecular weight is 550 g/mol. The number of nitrogens with zero attached hydrogens (tertiary/aromatic N) is 6. The van der Waals surface area contributed by atoms with Crippen LogP contribution in [-0.4, -0.2) is 94.7 Å². The van der Waals surface area contributed by atoms with Gasteiger partial charge < -0.3 is 24.9 Å². The predicted molar refractivity (Wildman–Crippen MR) is 149 cm³/mol. The summed E-state index contributed by atoms with van der Waals surface area (Å²) in [6.45, 7) is 5.36. The standard InChI is InChI=1S/C28H32ClN7O3/c1-20-18-35(27(38)23-9-8-22(16-24(23)29)36-11-5-10-31-36)25-7-4-3-6-21(25)19-34(20)28(39)30-17-26(37)33-14-12-32(2)13-15-33/h3-11,16,20H,12-15,17-19H2,1-2H3,(H,30,39)/t20-/m1/s1. The number of rotatable bonds is 4. The van der Waals surface area contributed by atoms with Crippen LogP contribution in [-0.2, 0) is 11.3 Å². The van der Waals surface area contributed by atoms with Crippen molar-refractivity contribution in [2.75, 3.05) is 51.2 Å². The van der Waals surface area contributed by atoms with Crippen molar-refractivity contribution in [2.45, 2.75) is 19.5 Å². The van der Waals surface area contributed by atoms with E-state index < -0.39 is 0 Å². The predicted octanol–water partition coefficient (Wildman–Crippen LogP) is 2.86. The van der Waals surface area contributed by atoms with E-state index in [1.165, 1.54) is 0 Å². The van der Waals surface area contributed by atoms with Crippen molar-refractivity contribution in [1.29, 1.82) is 0 Å². The molecule has 2 aliphatic rings. The lowest BCUT2D eigenvalue weighted by Crippen LogP contribution is -2.52. The van der Waals surface area contributed by atoms with E-state index in [4.69, 9.17) is 11.6 Å². The number of amides is 4. The first kappa shape index (κ1) is 26.7. The molecule has 4 amide bonds. The Labute approximate surface area is 232 Å². The van der Waals surface area contributed by atoms with E-state index in [9.17, 15) is 14.4 Å². The van der Waals surface area contributed by atoms with Crippen LogP contribution in [0.4, 0.5) is 10.5 Å². The van der Waals surface area contributed by atoms with Crippen molar-refractivity contribution >= 4 is 35.1 Å². The molecule has 0 aliphatic carbocycles. The number of aromatic nitrogens is 2. The quantitative estimate of drug-likeness (QED) is 0.540. The van der Waals surface area contributed by atoms with Gasteiger partial charge in [0.1, 0.15) is 0 Å². The molecule has 1 fully saturated rings. The Morgan fingerprint density at radius 1 is 1.05 bits per heavy atom. The molecule has 39 heavy (non-hydrogen) atoms. The van der Waals surface area contributed by atoms with Crippen LogP contribution in [0.5, 0.6) is 0 Å². The van der Waals surface area contributed by atoms with E-state index in [1.807, 2.05) is 44.3 Å². The normalized spacial score (nSPS) is 17.9. The number of halogens is 1. The Morgan fingerprint density at radius 2 is 1.82 bits per heavy atom. The fourth-order valence-electron chi connectivity index (χ4n) is 4.98. The third-order valence-electron chi connectivity index (χ3n) is 7.31. The summed E-state index contributed by atoms with van der Waals surface area (Å²) in [5.41, 5.74) is 2.68. The first-order valence-electron chi connectivity index (χ1n) is 13.0. The molecule has 10 nitrogen and oxygen atoms in total. The fraction of sp³-hybridized carbons (Fsp3) is 0.357. The zero-order valence-corrected chi connectivity index (χ0v) is 22.8. The summed E-state index contributed by atoms with van der Waals surface area (Å²) < 4.78 is 1.68. The lowest BCUT2D eigenvalue weighted by atomic mass is 10.1. The molecule has 0 unspecified atom stereocenters. The number of fused-ring (bicyclic) bond motifs is 1. The lowest BCUT2D eigenvalue weighted by Gasteiger charge is -2.33. The number of para-hydroxylation sites is 1. The van der Waals surface area contributed by atoms with Gasteiger partial charge in [0.05, 0.1) is 22.8 Å². The second kappa shape index (κ2) is 11.5. The highest BCUT2D eigenvalue weighted by atomic mass is 35.5. The minimum absolute atomic E-state index is 0.0612. The smallest absolute Gasteiger partial charge is 0.318 e. The molecular weight excluding hydrogens is 518 g/mol. The second-order valence-corrected chi connectivity index (χ2v) is 10.4. The Morgan fingerprint density at radius 3 is 2.54 bits per heavy atom. The summed E-state index contributed by atoms with van der Waals surface area (Å²) in [6.07, 6.45) is 3.48. The lowest BCUT2D eigenvalue weighted by molar-refractivity contribution is -0.131. The second-order valence-electron chi connectivity index (χ2n) is 9.98. The highest BCUT2D eigenvalue weighted by Crippen LogP contribution is 2.30. The minimum Gasteiger partial charge on any atom is -0.339 e. The molecule has 5 rings (SSSR count). The van der Waals surface area contributed by atoms with Crippen LogP contribution in [0.25, 0.3) is 5.69 Å². The molecule has 2 aliphatic heterocycles. The van der Waals surface area contributed by atoms with Crippen LogP contribution < -0.4 is 10.2 Å². The van der Waals surface area contributed by atoms with Gasteiger partial charge in [-0.15, -0.1) is 0 Å². The molecule has 2 aromatic carbocycles. The average Bonchev–Trinajstić information content (AvgIpc) is 3.43. The van der Waals surface area contributed by atoms with Crippen LogP contribution in [0.1, 0.15) is 22.8 Å². The van der Waals surface area contributed by atoms with Crippen LogP contribution >= 0.6 is 11.6 Å². The first-order valence-corrected chi connectivity index (χ1v) is 13.4. The van der Waals surface area contributed by atoms with Gasteiger partial charge in [0.25, 0.3) is 5.91 Å². The van der Waals surface area contributed by atoms with Crippen molar-refractivity contribution < 1.29 is 14.4 Å². The van der Waals surface area contributed by atoms with Gasteiger partial charge in [0.2, 0.25) is 5.91 Å². The Hall–Kier alpha value is -3.89. The van der Waals surface area contributed by atoms with Gasteiger partial charge in [-0.25, -0.2) is 9.48 Å². The number of piperazine rings is 1. The number of nitrogens with one attached hydrogen (secondary N) is 1. The molecule has 3 aromatic rings. The summed E-state index contributed by atoms with van der Waals surface area (Å²) in [5, 5.41) is 7.34. The van der Waals surface area contributed by atoms with Crippen molar-refractivity contribution in [3.63, 3.8) is 0 Å². The maximum atomic E-state index is 13.8. The van der Waals surface area contributed by atoms with Gasteiger partial charge in [-0.1, -0.05) is 29.8 Å². The molecule has 0 radical (unpaired) electrons. The summed E-state index contributed by atoms with van der Waals surface area (Å²) >= 11 is 6.59. The van der Waals surface area contributed by atoms with Crippen molar-refractivity contribution in [2.24, 2.45) is 0 Å². The topological polar surface area (TPSA) is 94.0 Å². The SMILES string of the molecule is C[C@@H]1CN(C(=O)c2ccc(-n3cccn3)cc2Cl)c2ccccc2CN1C(=O)NCC(=O)N1CCN(C)CC1. The minimum atomic E-state index is -0.337. The Balaban J connectivity index is 1.32. The van der Waals surface area contributed by atoms with Crippen LogP contribution in [0.15, 0.2) is 60.9 Å².